The number of likely N-dealkylation sites (N-methyl/N-ethyl adjacent to an activating group) is 1. The van der Waals surface area contributed by atoms with Crippen molar-refractivity contribution in [2.24, 2.45) is 11.7 Å². The molecule has 7 nitrogen and oxygen atoms in total. The number of nitrogens with two attached hydrogens (primary N) is 1. The Bertz CT molecular complexity index is 537. The molecule has 0 aliphatic heterocycles. The highest BCUT2D eigenvalue weighted by Gasteiger charge is 2.59. The molecule has 0 bridgehead atoms. The van der Waals surface area contributed by atoms with Gasteiger partial charge in [-0.25, -0.2) is 0 Å². The van der Waals surface area contributed by atoms with Crippen LogP contribution < -0.4 is 5.73 Å². The van der Waals surface area contributed by atoms with Gasteiger partial charge in [0.1, 0.15) is 17.1 Å². The number of carbonyl (C=O) groups excluding carboxylic acids is 2. The number of allylic oxidation sites excluding steroid dienone is 1. The molecule has 0 fully saturated rings. The molecule has 7 heteroatoms. The molecule has 0 radical (unpaired) electrons. The second-order valence-corrected chi connectivity index (χ2v) is 5.40. The lowest BCUT2D eigenvalue weighted by molar-refractivity contribution is -0.147. The summed E-state index contributed by atoms with van der Waals surface area (Å²) in [5.74, 6) is -3.84. The molecule has 2 aliphatic carbocycles. The van der Waals surface area contributed by atoms with Gasteiger partial charge in [0.25, 0.3) is 5.91 Å². The largest absolute Gasteiger partial charge is 0.510 e. The molecular weight excluding hydrogens is 264 g/mol. The molecule has 5 N–H and O–H groups in total. The summed E-state index contributed by atoms with van der Waals surface area (Å²) in [7, 11) is 3.29. The van der Waals surface area contributed by atoms with Crippen molar-refractivity contribution in [2.75, 3.05) is 14.1 Å². The molecule has 3 atom stereocenters. The molecule has 2 rings (SSSR count). The van der Waals surface area contributed by atoms with Crippen LogP contribution in [0.5, 0.6) is 0 Å². The summed E-state index contributed by atoms with van der Waals surface area (Å²) in [5.41, 5.74) is 2.27. The average Bonchev–Trinajstić information content (AvgIpc) is 2.32. The normalized spacial score (nSPS) is 34.0. The van der Waals surface area contributed by atoms with Crippen molar-refractivity contribution in [1.29, 1.82) is 0 Å². The maximum Gasteiger partial charge on any atom is 0.255 e. The van der Waals surface area contributed by atoms with Gasteiger partial charge in [-0.2, -0.15) is 0 Å². The summed E-state index contributed by atoms with van der Waals surface area (Å²) in [4.78, 5) is 25.3. The van der Waals surface area contributed by atoms with Gasteiger partial charge >= 0.3 is 0 Å². The number of ketones is 1. The molecule has 0 saturated heterocycles. The molecule has 110 valence electrons. The Labute approximate surface area is 116 Å². The molecular formula is C13H18N2O5. The highest BCUT2D eigenvalue weighted by Crippen LogP contribution is 2.44. The van der Waals surface area contributed by atoms with E-state index in [1.165, 1.54) is 6.08 Å². The lowest BCUT2D eigenvalue weighted by Gasteiger charge is -2.46. The molecule has 2 aliphatic rings. The number of carbonyl (C=O) groups is 2. The van der Waals surface area contributed by atoms with E-state index in [0.29, 0.717) is 12.8 Å². The van der Waals surface area contributed by atoms with Crippen LogP contribution in [0.3, 0.4) is 0 Å². The van der Waals surface area contributed by atoms with Gasteiger partial charge in [-0.1, -0.05) is 0 Å². The predicted octanol–water partition coefficient (Wildman–Crippen LogP) is -0.620. The van der Waals surface area contributed by atoms with Crippen LogP contribution >= 0.6 is 0 Å². The predicted molar refractivity (Wildman–Crippen MR) is 69.7 cm³/mol. The van der Waals surface area contributed by atoms with E-state index in [-0.39, 0.29) is 0 Å². The van der Waals surface area contributed by atoms with Crippen LogP contribution in [0.25, 0.3) is 0 Å². The number of amides is 1. The zero-order valence-corrected chi connectivity index (χ0v) is 11.3. The number of nitrogens with zero attached hydrogens (tertiary/aromatic N) is 1. The first-order chi connectivity index (χ1) is 9.22. The van der Waals surface area contributed by atoms with E-state index in [9.17, 15) is 24.9 Å². The summed E-state index contributed by atoms with van der Waals surface area (Å²) in [6.07, 6.45) is 2.21. The summed E-state index contributed by atoms with van der Waals surface area (Å²) in [6.45, 7) is 0. The minimum absolute atomic E-state index is 0.394. The molecule has 1 amide bonds. The first-order valence-corrected chi connectivity index (χ1v) is 6.29. The summed E-state index contributed by atoms with van der Waals surface area (Å²) in [6, 6.07) is -0.768. The van der Waals surface area contributed by atoms with Crippen LogP contribution in [0, 0.1) is 5.92 Å². The van der Waals surface area contributed by atoms with Crippen LogP contribution in [0.15, 0.2) is 23.2 Å². The third kappa shape index (κ3) is 1.74. The zero-order valence-electron chi connectivity index (χ0n) is 11.3. The van der Waals surface area contributed by atoms with E-state index in [1.807, 2.05) is 0 Å². The van der Waals surface area contributed by atoms with Gasteiger partial charge in [0, 0.05) is 5.92 Å². The lowest BCUT2D eigenvalue weighted by Crippen LogP contribution is -2.61. The van der Waals surface area contributed by atoms with Crippen LogP contribution in [0.1, 0.15) is 12.8 Å². The molecule has 0 aromatic rings. The number of rotatable bonds is 2. The van der Waals surface area contributed by atoms with Crippen molar-refractivity contribution >= 4 is 11.7 Å². The highest BCUT2D eigenvalue weighted by atomic mass is 16.3. The minimum atomic E-state index is -2.20. The number of fused-ring (bicyclic) bond motifs is 1. The Hall–Kier alpha value is -1.86. The Morgan fingerprint density at radius 3 is 2.55 bits per heavy atom. The van der Waals surface area contributed by atoms with Crippen molar-refractivity contribution in [3.8, 4) is 0 Å². The third-order valence-corrected chi connectivity index (χ3v) is 4.04. The number of Topliss-reactive ketones (excluding diaryl/α,β-unsaturated/α-hetero) is 1. The van der Waals surface area contributed by atoms with Gasteiger partial charge in [0.05, 0.1) is 6.04 Å². The summed E-state index contributed by atoms with van der Waals surface area (Å²) < 4.78 is 0. The fourth-order valence-electron chi connectivity index (χ4n) is 3.11. The van der Waals surface area contributed by atoms with E-state index in [4.69, 9.17) is 5.73 Å². The van der Waals surface area contributed by atoms with E-state index in [1.54, 1.807) is 19.0 Å². The van der Waals surface area contributed by atoms with Crippen molar-refractivity contribution in [3.05, 3.63) is 23.2 Å². The summed E-state index contributed by atoms with van der Waals surface area (Å²) in [5, 5.41) is 30.8. The van der Waals surface area contributed by atoms with E-state index < -0.39 is 46.3 Å². The van der Waals surface area contributed by atoms with E-state index in [2.05, 4.69) is 0 Å². The molecule has 0 spiro atoms. The van der Waals surface area contributed by atoms with Crippen molar-refractivity contribution in [1.82, 2.24) is 4.90 Å². The minimum Gasteiger partial charge on any atom is -0.510 e. The van der Waals surface area contributed by atoms with Gasteiger partial charge < -0.3 is 21.1 Å². The number of hydrogen-bond donors (Lipinski definition) is 4. The lowest BCUT2D eigenvalue weighted by atomic mass is 9.65. The molecule has 2 unspecified atom stereocenters. The molecule has 0 heterocycles. The summed E-state index contributed by atoms with van der Waals surface area (Å²) >= 11 is 0. The average molecular weight is 282 g/mol. The standard InChI is InChI=1S/C13H18N2O5/c1-15(2)9-6-4-3-5-7(16)13(6,20)11(18)8(10(9)17)12(14)19/h5-6,9,16-17,20H,3-4H2,1-2H3,(H2,14,19)/t6?,9?,13-/m0/s1. The number of primary amides is 1. The SMILES string of the molecule is CN(C)C1C(O)=C(C(N)=O)C(=O)[C@@]2(O)C(O)=CCCC12. The Kier molecular flexibility index (Phi) is 3.35. The number of hydrogen-bond acceptors (Lipinski definition) is 6. The Morgan fingerprint density at radius 2 is 2.05 bits per heavy atom. The first kappa shape index (κ1) is 14.5. The highest BCUT2D eigenvalue weighted by molar-refractivity contribution is 6.23. The maximum atomic E-state index is 12.3. The van der Waals surface area contributed by atoms with Crippen LogP contribution in [-0.4, -0.2) is 57.6 Å². The van der Waals surface area contributed by atoms with Crippen LogP contribution in [-0.2, 0) is 9.59 Å². The first-order valence-electron chi connectivity index (χ1n) is 6.29. The van der Waals surface area contributed by atoms with Crippen molar-refractivity contribution in [2.45, 2.75) is 24.5 Å². The van der Waals surface area contributed by atoms with Gasteiger partial charge in [-0.3, -0.25) is 14.5 Å². The topological polar surface area (TPSA) is 124 Å². The second-order valence-electron chi connectivity index (χ2n) is 5.40. The molecule has 20 heavy (non-hydrogen) atoms. The Balaban J connectivity index is 2.70. The molecule has 0 aromatic heterocycles. The smallest absolute Gasteiger partial charge is 0.255 e. The monoisotopic (exact) mass is 282 g/mol. The molecule has 0 aromatic carbocycles. The van der Waals surface area contributed by atoms with Gasteiger partial charge in [0.2, 0.25) is 5.78 Å². The fraction of sp³-hybridized carbons (Fsp3) is 0.538. The third-order valence-electron chi connectivity index (χ3n) is 4.04. The molecule has 0 saturated carbocycles. The van der Waals surface area contributed by atoms with Crippen molar-refractivity contribution in [3.63, 3.8) is 0 Å². The van der Waals surface area contributed by atoms with Gasteiger partial charge in [-0.05, 0) is 33.0 Å². The van der Waals surface area contributed by atoms with Crippen molar-refractivity contribution < 1.29 is 24.9 Å². The van der Waals surface area contributed by atoms with E-state index >= 15 is 0 Å². The quantitative estimate of drug-likeness (QED) is 0.500. The fourth-order valence-corrected chi connectivity index (χ4v) is 3.11. The van der Waals surface area contributed by atoms with E-state index in [0.717, 1.165) is 0 Å². The zero-order chi connectivity index (χ0) is 15.2. The van der Waals surface area contributed by atoms with Gasteiger partial charge in [0.15, 0.2) is 5.60 Å². The van der Waals surface area contributed by atoms with Gasteiger partial charge in [-0.15, -0.1) is 0 Å². The Morgan fingerprint density at radius 1 is 1.45 bits per heavy atom. The van der Waals surface area contributed by atoms with Crippen LogP contribution in [0.4, 0.5) is 0 Å². The number of aliphatic hydroxyl groups is 3. The number of aliphatic hydroxyl groups excluding tert-OH is 2. The maximum absolute atomic E-state index is 12.3. The van der Waals surface area contributed by atoms with Crippen LogP contribution in [0.2, 0.25) is 0 Å². The second kappa shape index (κ2) is 4.60.